The van der Waals surface area contributed by atoms with Gasteiger partial charge in [0, 0.05) is 12.6 Å². The number of nitrogens with one attached hydrogen (secondary N) is 2. The zero-order chi connectivity index (χ0) is 15.1. The molecule has 3 N–H and O–H groups in total. The fourth-order valence-electron chi connectivity index (χ4n) is 1.75. The van der Waals surface area contributed by atoms with E-state index < -0.39 is 5.97 Å². The van der Waals surface area contributed by atoms with Crippen molar-refractivity contribution in [3.8, 4) is 0 Å². The quantitative estimate of drug-likeness (QED) is 0.747. The summed E-state index contributed by atoms with van der Waals surface area (Å²) in [6.45, 7) is 6.19. The summed E-state index contributed by atoms with van der Waals surface area (Å²) < 4.78 is 0. The first-order chi connectivity index (χ1) is 9.38. The minimum atomic E-state index is -0.914. The van der Waals surface area contributed by atoms with Gasteiger partial charge >= 0.3 is 12.0 Å². The second-order valence-corrected chi connectivity index (χ2v) is 5.26. The zero-order valence-corrected chi connectivity index (χ0v) is 12.1. The van der Waals surface area contributed by atoms with Crippen molar-refractivity contribution in [2.75, 3.05) is 0 Å². The highest BCUT2D eigenvalue weighted by Crippen LogP contribution is 2.06. The smallest absolute Gasteiger partial charge is 0.315 e. The molecule has 1 aromatic carbocycles. The molecule has 0 saturated carbocycles. The first-order valence-corrected chi connectivity index (χ1v) is 6.70. The molecule has 0 aromatic heterocycles. The Balaban J connectivity index is 2.45. The van der Waals surface area contributed by atoms with Crippen molar-refractivity contribution in [3.63, 3.8) is 0 Å². The number of carbonyl (C=O) groups excluding carboxylic acids is 1. The normalized spacial score (nSPS) is 12.0. The van der Waals surface area contributed by atoms with Crippen molar-refractivity contribution in [1.82, 2.24) is 10.6 Å². The Labute approximate surface area is 119 Å². The number of aliphatic carboxylic acids is 1. The predicted molar refractivity (Wildman–Crippen MR) is 77.4 cm³/mol. The lowest BCUT2D eigenvalue weighted by Gasteiger charge is -2.20. The fourth-order valence-corrected chi connectivity index (χ4v) is 1.75. The molecule has 1 atom stereocenters. The summed E-state index contributed by atoms with van der Waals surface area (Å²) in [5, 5.41) is 14.2. The summed E-state index contributed by atoms with van der Waals surface area (Å²) in [6, 6.07) is 7.16. The Morgan fingerprint density at radius 3 is 2.30 bits per heavy atom. The molecule has 0 fully saturated rings. The molecule has 0 aliphatic heterocycles. The van der Waals surface area contributed by atoms with E-state index in [0.29, 0.717) is 6.54 Å². The largest absolute Gasteiger partial charge is 0.481 e. The van der Waals surface area contributed by atoms with Gasteiger partial charge in [0.25, 0.3) is 0 Å². The molecule has 0 bridgehead atoms. The van der Waals surface area contributed by atoms with Gasteiger partial charge in [-0.1, -0.05) is 43.7 Å². The van der Waals surface area contributed by atoms with Crippen molar-refractivity contribution in [1.29, 1.82) is 0 Å². The van der Waals surface area contributed by atoms with Crippen LogP contribution in [0.25, 0.3) is 0 Å². The van der Waals surface area contributed by atoms with Crippen LogP contribution in [0.3, 0.4) is 0 Å². The molecule has 20 heavy (non-hydrogen) atoms. The van der Waals surface area contributed by atoms with E-state index >= 15 is 0 Å². The van der Waals surface area contributed by atoms with Gasteiger partial charge in [0.05, 0.1) is 6.42 Å². The number of carboxylic acid groups (broad SMARTS) is 1. The third kappa shape index (κ3) is 5.73. The van der Waals surface area contributed by atoms with Gasteiger partial charge in [0.2, 0.25) is 0 Å². The molecule has 2 amide bonds. The highest BCUT2D eigenvalue weighted by atomic mass is 16.4. The zero-order valence-electron chi connectivity index (χ0n) is 12.1. The average Bonchev–Trinajstić information content (AvgIpc) is 2.36. The molecule has 1 unspecified atom stereocenters. The number of aryl methyl sites for hydroxylation is 1. The molecule has 0 aliphatic rings. The van der Waals surface area contributed by atoms with Gasteiger partial charge in [-0.2, -0.15) is 0 Å². The number of carbonyl (C=O) groups is 2. The van der Waals surface area contributed by atoms with E-state index in [1.165, 1.54) is 5.56 Å². The van der Waals surface area contributed by atoms with E-state index in [-0.39, 0.29) is 24.4 Å². The summed E-state index contributed by atoms with van der Waals surface area (Å²) in [7, 11) is 0. The number of carboxylic acids is 1. The van der Waals surface area contributed by atoms with Gasteiger partial charge in [0.15, 0.2) is 0 Å². The third-order valence-corrected chi connectivity index (χ3v) is 3.09. The van der Waals surface area contributed by atoms with Gasteiger partial charge < -0.3 is 15.7 Å². The van der Waals surface area contributed by atoms with Gasteiger partial charge in [-0.25, -0.2) is 4.79 Å². The first kappa shape index (κ1) is 16.0. The van der Waals surface area contributed by atoms with Gasteiger partial charge in [-0.15, -0.1) is 0 Å². The lowest BCUT2D eigenvalue weighted by Crippen LogP contribution is -2.45. The SMILES string of the molecule is Cc1ccc(CNC(=O)NC(CC(=O)O)C(C)C)cc1. The van der Waals surface area contributed by atoms with Crippen LogP contribution < -0.4 is 10.6 Å². The second-order valence-electron chi connectivity index (χ2n) is 5.26. The summed E-state index contributed by atoms with van der Waals surface area (Å²) in [5.74, 6) is -0.848. The molecule has 5 heteroatoms. The molecule has 110 valence electrons. The van der Waals surface area contributed by atoms with E-state index in [1.807, 2.05) is 45.0 Å². The van der Waals surface area contributed by atoms with E-state index in [0.717, 1.165) is 5.56 Å². The van der Waals surface area contributed by atoms with Crippen molar-refractivity contribution in [2.45, 2.75) is 39.8 Å². The molecule has 0 saturated heterocycles. The molecular formula is C15H22N2O3. The summed E-state index contributed by atoms with van der Waals surface area (Å²) in [6.07, 6.45) is -0.0738. The Bertz CT molecular complexity index is 455. The molecule has 1 rings (SSSR count). The Morgan fingerprint density at radius 2 is 1.80 bits per heavy atom. The van der Waals surface area contributed by atoms with E-state index in [9.17, 15) is 9.59 Å². The van der Waals surface area contributed by atoms with Gasteiger partial charge in [-0.05, 0) is 18.4 Å². The van der Waals surface area contributed by atoms with Crippen LogP contribution in [-0.2, 0) is 11.3 Å². The van der Waals surface area contributed by atoms with Crippen molar-refractivity contribution in [2.24, 2.45) is 5.92 Å². The minimum Gasteiger partial charge on any atom is -0.481 e. The number of urea groups is 1. The van der Waals surface area contributed by atoms with Crippen LogP contribution in [0.5, 0.6) is 0 Å². The lowest BCUT2D eigenvalue weighted by molar-refractivity contribution is -0.137. The number of amides is 2. The van der Waals surface area contributed by atoms with Gasteiger partial charge in [-0.3, -0.25) is 4.79 Å². The standard InChI is InChI=1S/C15H22N2O3/c1-10(2)13(8-14(18)19)17-15(20)16-9-12-6-4-11(3)5-7-12/h4-7,10,13H,8-9H2,1-3H3,(H,18,19)(H2,16,17,20). The first-order valence-electron chi connectivity index (χ1n) is 6.70. The Hall–Kier alpha value is -2.04. The van der Waals surface area contributed by atoms with Crippen molar-refractivity contribution < 1.29 is 14.7 Å². The summed E-state index contributed by atoms with van der Waals surface area (Å²) >= 11 is 0. The maximum Gasteiger partial charge on any atom is 0.315 e. The maximum atomic E-state index is 11.8. The molecule has 5 nitrogen and oxygen atoms in total. The third-order valence-electron chi connectivity index (χ3n) is 3.09. The van der Waals surface area contributed by atoms with Crippen LogP contribution in [0.1, 0.15) is 31.4 Å². The average molecular weight is 278 g/mol. The van der Waals surface area contributed by atoms with Gasteiger partial charge in [0.1, 0.15) is 0 Å². The van der Waals surface area contributed by atoms with Crippen LogP contribution in [0.2, 0.25) is 0 Å². The Kier molecular flexibility index (Phi) is 6.03. The molecule has 0 radical (unpaired) electrons. The van der Waals surface area contributed by atoms with Crippen LogP contribution >= 0.6 is 0 Å². The second kappa shape index (κ2) is 7.53. The summed E-state index contributed by atoms with van der Waals surface area (Å²) in [4.78, 5) is 22.5. The number of hydrogen-bond acceptors (Lipinski definition) is 2. The van der Waals surface area contributed by atoms with Crippen LogP contribution in [-0.4, -0.2) is 23.1 Å². The molecule has 1 aromatic rings. The van der Waals surface area contributed by atoms with Crippen LogP contribution in [0.15, 0.2) is 24.3 Å². The Morgan fingerprint density at radius 1 is 1.20 bits per heavy atom. The van der Waals surface area contributed by atoms with Crippen molar-refractivity contribution in [3.05, 3.63) is 35.4 Å². The van der Waals surface area contributed by atoms with E-state index in [1.54, 1.807) is 0 Å². The molecular weight excluding hydrogens is 256 g/mol. The predicted octanol–water partition coefficient (Wildman–Crippen LogP) is 2.29. The van der Waals surface area contributed by atoms with E-state index in [2.05, 4.69) is 10.6 Å². The monoisotopic (exact) mass is 278 g/mol. The van der Waals surface area contributed by atoms with Crippen LogP contribution in [0.4, 0.5) is 4.79 Å². The lowest BCUT2D eigenvalue weighted by atomic mass is 10.0. The number of hydrogen-bond donors (Lipinski definition) is 3. The topological polar surface area (TPSA) is 78.4 Å². The van der Waals surface area contributed by atoms with Crippen LogP contribution in [0, 0.1) is 12.8 Å². The minimum absolute atomic E-state index is 0.0659. The summed E-state index contributed by atoms with van der Waals surface area (Å²) in [5.41, 5.74) is 2.17. The maximum absolute atomic E-state index is 11.8. The molecule has 0 spiro atoms. The number of rotatable bonds is 6. The van der Waals surface area contributed by atoms with E-state index in [4.69, 9.17) is 5.11 Å². The molecule has 0 aliphatic carbocycles. The fraction of sp³-hybridized carbons (Fsp3) is 0.467. The van der Waals surface area contributed by atoms with Crippen molar-refractivity contribution >= 4 is 12.0 Å². The highest BCUT2D eigenvalue weighted by molar-refractivity contribution is 5.75. The molecule has 0 heterocycles. The number of benzene rings is 1. The highest BCUT2D eigenvalue weighted by Gasteiger charge is 2.19.